The van der Waals surface area contributed by atoms with Crippen molar-refractivity contribution in [3.63, 3.8) is 0 Å². The molecule has 2 N–H and O–H groups in total. The smallest absolute Gasteiger partial charge is 0.310 e. The molecule has 174 valence electrons. The van der Waals surface area contributed by atoms with Crippen molar-refractivity contribution in [1.29, 1.82) is 0 Å². The Morgan fingerprint density at radius 3 is 1.72 bits per heavy atom. The monoisotopic (exact) mass is 576 g/mol. The van der Waals surface area contributed by atoms with Crippen LogP contribution in [0, 0.1) is 10.1 Å². The average molecular weight is 578 g/mol. The minimum Gasteiger partial charge on any atom is -0.496 e. The maximum atomic E-state index is 11.2. The molecule has 0 heterocycles. The summed E-state index contributed by atoms with van der Waals surface area (Å²) in [4.78, 5) is 32.5. The number of non-ortho nitro benzene ring substituents is 1. The van der Waals surface area contributed by atoms with E-state index in [9.17, 15) is 19.7 Å². The minimum absolute atomic E-state index is 0.0156. The molecule has 0 unspecified atom stereocenters. The molecular formula is C20H22Br2N2O8. The maximum Gasteiger partial charge on any atom is 0.310 e. The van der Waals surface area contributed by atoms with Gasteiger partial charge in [-0.1, -0.05) is 31.9 Å². The van der Waals surface area contributed by atoms with E-state index >= 15 is 0 Å². The van der Waals surface area contributed by atoms with Gasteiger partial charge >= 0.3 is 11.9 Å². The van der Waals surface area contributed by atoms with Gasteiger partial charge in [-0.25, -0.2) is 0 Å². The van der Waals surface area contributed by atoms with E-state index in [1.54, 1.807) is 12.1 Å². The lowest BCUT2D eigenvalue weighted by Gasteiger charge is -2.10. The standard InChI is InChI=1S/C10H10BrNO5.C10H12BrNO3/c1-16-9-4-6(12(14)15)3-8(11)7(9)5-10(13)17-2;1-14-9-4-6(12)3-8(11)7(9)5-10(13)15-2/h3-4H,5H2,1-2H3;3-4H,5,12H2,1-2H3. The topological polar surface area (TPSA) is 140 Å². The van der Waals surface area contributed by atoms with Gasteiger partial charge < -0.3 is 24.7 Å². The molecule has 2 aromatic rings. The van der Waals surface area contributed by atoms with Gasteiger partial charge in [0.15, 0.2) is 0 Å². The lowest BCUT2D eigenvalue weighted by molar-refractivity contribution is -0.385. The van der Waals surface area contributed by atoms with Crippen molar-refractivity contribution in [3.05, 3.63) is 54.5 Å². The van der Waals surface area contributed by atoms with Crippen molar-refractivity contribution in [2.45, 2.75) is 12.8 Å². The zero-order valence-corrected chi connectivity index (χ0v) is 20.9. The van der Waals surface area contributed by atoms with Crippen LogP contribution in [0.4, 0.5) is 11.4 Å². The molecule has 0 bridgehead atoms. The van der Waals surface area contributed by atoms with Crippen LogP contribution in [-0.2, 0) is 31.9 Å². The highest BCUT2D eigenvalue weighted by molar-refractivity contribution is 9.10. The Morgan fingerprint density at radius 1 is 0.875 bits per heavy atom. The Morgan fingerprint density at radius 2 is 1.31 bits per heavy atom. The quantitative estimate of drug-likeness (QED) is 0.225. The number of rotatable bonds is 7. The van der Waals surface area contributed by atoms with E-state index in [1.165, 1.54) is 40.6 Å². The lowest BCUT2D eigenvalue weighted by Crippen LogP contribution is -2.07. The first kappa shape index (κ1) is 27.2. The highest BCUT2D eigenvalue weighted by atomic mass is 79.9. The number of nitrogens with two attached hydrogens (primary N) is 1. The molecule has 0 radical (unpaired) electrons. The predicted octanol–water partition coefficient (Wildman–Crippen LogP) is 3.84. The molecule has 32 heavy (non-hydrogen) atoms. The van der Waals surface area contributed by atoms with Crippen molar-refractivity contribution in [2.75, 3.05) is 34.2 Å². The molecular weight excluding hydrogens is 556 g/mol. The fourth-order valence-electron chi connectivity index (χ4n) is 2.47. The van der Waals surface area contributed by atoms with Gasteiger partial charge in [-0.15, -0.1) is 0 Å². The van der Waals surface area contributed by atoms with Gasteiger partial charge in [0, 0.05) is 37.9 Å². The second kappa shape index (κ2) is 12.9. The zero-order chi connectivity index (χ0) is 24.4. The van der Waals surface area contributed by atoms with Gasteiger partial charge in [-0.2, -0.15) is 0 Å². The van der Waals surface area contributed by atoms with Crippen LogP contribution in [-0.4, -0.2) is 45.3 Å². The predicted molar refractivity (Wildman–Crippen MR) is 124 cm³/mol. The van der Waals surface area contributed by atoms with Crippen LogP contribution >= 0.6 is 31.9 Å². The van der Waals surface area contributed by atoms with Crippen LogP contribution in [0.2, 0.25) is 0 Å². The van der Waals surface area contributed by atoms with Crippen molar-refractivity contribution >= 4 is 55.2 Å². The number of esters is 2. The first-order chi connectivity index (χ1) is 15.1. The maximum absolute atomic E-state index is 11.2. The van der Waals surface area contributed by atoms with Crippen molar-refractivity contribution in [3.8, 4) is 11.5 Å². The third-order valence-electron chi connectivity index (χ3n) is 4.06. The van der Waals surface area contributed by atoms with Gasteiger partial charge in [0.1, 0.15) is 11.5 Å². The second-order valence-corrected chi connectivity index (χ2v) is 7.76. The van der Waals surface area contributed by atoms with E-state index in [1.807, 2.05) is 0 Å². The summed E-state index contributed by atoms with van der Waals surface area (Å²) in [5.41, 5.74) is 7.36. The number of methoxy groups -OCH3 is 4. The molecule has 10 nitrogen and oxygen atoms in total. The fourth-order valence-corrected chi connectivity index (χ4v) is 3.64. The highest BCUT2D eigenvalue weighted by Gasteiger charge is 2.18. The van der Waals surface area contributed by atoms with Gasteiger partial charge in [-0.05, 0) is 6.07 Å². The third kappa shape index (κ3) is 7.68. The van der Waals surface area contributed by atoms with Crippen LogP contribution in [0.1, 0.15) is 11.1 Å². The van der Waals surface area contributed by atoms with Crippen molar-refractivity contribution in [1.82, 2.24) is 0 Å². The van der Waals surface area contributed by atoms with Gasteiger partial charge in [-0.3, -0.25) is 19.7 Å². The van der Waals surface area contributed by atoms with Crippen LogP contribution in [0.3, 0.4) is 0 Å². The lowest BCUT2D eigenvalue weighted by atomic mass is 10.1. The summed E-state index contributed by atoms with van der Waals surface area (Å²) in [7, 11) is 5.53. The molecule has 0 amide bonds. The summed E-state index contributed by atoms with van der Waals surface area (Å²) >= 11 is 6.50. The molecule has 2 rings (SSSR count). The van der Waals surface area contributed by atoms with Crippen LogP contribution in [0.15, 0.2) is 33.2 Å². The Hall–Kier alpha value is -2.86. The Bertz CT molecular complexity index is 998. The van der Waals surface area contributed by atoms with E-state index in [2.05, 4.69) is 41.3 Å². The van der Waals surface area contributed by atoms with Gasteiger partial charge in [0.05, 0.1) is 52.3 Å². The molecule has 0 aromatic heterocycles. The highest BCUT2D eigenvalue weighted by Crippen LogP contribution is 2.33. The number of nitrogen functional groups attached to an aromatic ring is 1. The SMILES string of the molecule is COC(=O)Cc1c(Br)cc(N)cc1OC.COC(=O)Cc1c(Br)cc([N+](=O)[O-])cc1OC. The largest absolute Gasteiger partial charge is 0.496 e. The van der Waals surface area contributed by atoms with Gasteiger partial charge in [0.2, 0.25) is 0 Å². The summed E-state index contributed by atoms with van der Waals surface area (Å²) in [6.45, 7) is 0. The first-order valence-corrected chi connectivity index (χ1v) is 10.4. The van der Waals surface area contributed by atoms with Crippen LogP contribution < -0.4 is 15.2 Å². The number of carbonyl (C=O) groups is 2. The average Bonchev–Trinajstić information content (AvgIpc) is 2.76. The van der Waals surface area contributed by atoms with E-state index < -0.39 is 10.9 Å². The van der Waals surface area contributed by atoms with E-state index in [-0.39, 0.29) is 30.2 Å². The minimum atomic E-state index is -0.533. The molecule has 0 aliphatic rings. The Labute approximate surface area is 201 Å². The number of benzene rings is 2. The first-order valence-electron chi connectivity index (χ1n) is 8.84. The normalized spacial score (nSPS) is 9.81. The second-order valence-electron chi connectivity index (χ2n) is 6.05. The third-order valence-corrected chi connectivity index (χ3v) is 5.48. The summed E-state index contributed by atoms with van der Waals surface area (Å²) in [5.74, 6) is 0.0837. The number of anilines is 1. The molecule has 0 spiro atoms. The number of hydrogen-bond acceptors (Lipinski definition) is 9. The van der Waals surface area contributed by atoms with E-state index in [0.717, 1.165) is 10.0 Å². The molecule has 0 atom stereocenters. The number of ether oxygens (including phenoxy) is 4. The number of nitro benzene ring substituents is 1. The summed E-state index contributed by atoms with van der Waals surface area (Å²) in [6.07, 6.45) is 0.138. The number of nitro groups is 1. The van der Waals surface area contributed by atoms with Crippen molar-refractivity contribution < 1.29 is 33.5 Å². The molecule has 0 aliphatic heterocycles. The molecule has 0 saturated heterocycles. The van der Waals surface area contributed by atoms with E-state index in [4.69, 9.17) is 15.2 Å². The van der Waals surface area contributed by atoms with E-state index in [0.29, 0.717) is 21.5 Å². The molecule has 0 fully saturated rings. The fraction of sp³-hybridized carbons (Fsp3) is 0.300. The molecule has 0 aliphatic carbocycles. The van der Waals surface area contributed by atoms with Crippen LogP contribution in [0.5, 0.6) is 11.5 Å². The summed E-state index contributed by atoms with van der Waals surface area (Å²) in [5, 5.41) is 10.6. The summed E-state index contributed by atoms with van der Waals surface area (Å²) in [6, 6.07) is 5.98. The number of halogens is 2. The Kier molecular flexibility index (Phi) is 10.9. The molecule has 2 aromatic carbocycles. The van der Waals surface area contributed by atoms with Crippen LogP contribution in [0.25, 0.3) is 0 Å². The van der Waals surface area contributed by atoms with Gasteiger partial charge in [0.25, 0.3) is 5.69 Å². The molecule has 0 saturated carbocycles. The van der Waals surface area contributed by atoms with Crippen molar-refractivity contribution in [2.24, 2.45) is 0 Å². The number of hydrogen-bond donors (Lipinski definition) is 1. The number of nitrogens with zero attached hydrogens (tertiary/aromatic N) is 1. The Balaban J connectivity index is 0.000000323. The molecule has 12 heteroatoms. The summed E-state index contributed by atoms with van der Waals surface area (Å²) < 4.78 is 20.5. The zero-order valence-electron chi connectivity index (χ0n) is 17.8. The number of carbonyl (C=O) groups excluding carboxylic acids is 2.